The fourth-order valence-electron chi connectivity index (χ4n) is 5.58. The number of nitrogens with one attached hydrogen (secondary N) is 1. The molecule has 5 rings (SSSR count). The molecule has 1 aromatic heterocycles. The molecule has 3 N–H and O–H groups in total. The van der Waals surface area contributed by atoms with Crippen molar-refractivity contribution in [3.63, 3.8) is 0 Å². The van der Waals surface area contributed by atoms with Crippen molar-refractivity contribution in [1.82, 2.24) is 4.98 Å². The van der Waals surface area contributed by atoms with Crippen molar-refractivity contribution in [2.75, 3.05) is 31.7 Å². The Morgan fingerprint density at radius 2 is 2.08 bits per heavy atom. The molecule has 0 radical (unpaired) electrons. The van der Waals surface area contributed by atoms with Crippen molar-refractivity contribution in [2.45, 2.75) is 70.3 Å². The summed E-state index contributed by atoms with van der Waals surface area (Å²) in [5.41, 5.74) is 3.32. The molecule has 2 saturated heterocycles. The van der Waals surface area contributed by atoms with Crippen molar-refractivity contribution in [2.24, 2.45) is 10.9 Å². The van der Waals surface area contributed by atoms with E-state index in [0.29, 0.717) is 73.5 Å². The highest BCUT2D eigenvalue weighted by atomic mass is 35.5. The average molecular weight is 548 g/mol. The number of halogens is 2. The summed E-state index contributed by atoms with van der Waals surface area (Å²) in [5.74, 6) is 1.32. The Morgan fingerprint density at radius 1 is 1.26 bits per heavy atom. The first-order chi connectivity index (χ1) is 18.4. The van der Waals surface area contributed by atoms with Gasteiger partial charge in [0.1, 0.15) is 29.6 Å². The van der Waals surface area contributed by atoms with E-state index in [4.69, 9.17) is 40.9 Å². The minimum absolute atomic E-state index is 0.0318. The zero-order valence-electron chi connectivity index (χ0n) is 21.8. The zero-order chi connectivity index (χ0) is 26.8. The number of aryl methyl sites for hydroxylation is 2. The van der Waals surface area contributed by atoms with E-state index >= 15 is 4.39 Å². The molecule has 0 bridgehead atoms. The molecule has 2 aromatic rings. The van der Waals surface area contributed by atoms with E-state index in [0.717, 1.165) is 23.3 Å². The Balaban J connectivity index is 1.33. The topological polar surface area (TPSA) is 105 Å². The molecule has 0 saturated carbocycles. The molecule has 2 aliphatic heterocycles. The first-order valence-corrected chi connectivity index (χ1v) is 13.7. The first kappa shape index (κ1) is 27.3. The maximum atomic E-state index is 15.1. The molecule has 206 valence electrons. The van der Waals surface area contributed by atoms with E-state index in [-0.39, 0.29) is 36.6 Å². The number of nitrogens with zero attached hydrogens (tertiary/aromatic N) is 2. The summed E-state index contributed by atoms with van der Waals surface area (Å²) in [4.78, 5) is 9.63. The summed E-state index contributed by atoms with van der Waals surface area (Å²) >= 11 is 6.56. The molecule has 0 spiro atoms. The van der Waals surface area contributed by atoms with E-state index in [1.807, 2.05) is 19.1 Å². The lowest BCUT2D eigenvalue weighted by Crippen LogP contribution is -2.29. The number of aliphatic hydroxyl groups is 2. The number of aliphatic hydroxyl groups excluding tert-OH is 2. The van der Waals surface area contributed by atoms with Crippen LogP contribution in [0.25, 0.3) is 0 Å². The Labute approximate surface area is 227 Å². The maximum Gasteiger partial charge on any atom is 0.157 e. The normalized spacial score (nSPS) is 26.5. The number of benzene rings is 1. The molecule has 5 atom stereocenters. The van der Waals surface area contributed by atoms with Crippen LogP contribution in [0.4, 0.5) is 16.0 Å². The van der Waals surface area contributed by atoms with Crippen LogP contribution in [0, 0.1) is 18.7 Å². The number of rotatable bonds is 10. The number of pyridine rings is 1. The van der Waals surface area contributed by atoms with Crippen molar-refractivity contribution in [3.05, 3.63) is 45.7 Å². The van der Waals surface area contributed by atoms with Crippen LogP contribution in [-0.2, 0) is 15.9 Å². The molecule has 8 nitrogen and oxygen atoms in total. The number of hydrogen-bond donors (Lipinski definition) is 3. The van der Waals surface area contributed by atoms with E-state index in [2.05, 4.69) is 12.2 Å². The summed E-state index contributed by atoms with van der Waals surface area (Å²) in [6.07, 6.45) is 2.39. The van der Waals surface area contributed by atoms with Gasteiger partial charge in [-0.25, -0.2) is 14.4 Å². The zero-order valence-corrected chi connectivity index (χ0v) is 22.5. The third-order valence-corrected chi connectivity index (χ3v) is 7.85. The van der Waals surface area contributed by atoms with Gasteiger partial charge in [-0.3, -0.25) is 0 Å². The summed E-state index contributed by atoms with van der Waals surface area (Å²) in [5, 5.41) is 22.8. The third-order valence-electron chi connectivity index (χ3n) is 7.56. The molecule has 10 heteroatoms. The van der Waals surface area contributed by atoms with Crippen molar-refractivity contribution < 1.29 is 28.8 Å². The SMILES string of the molecule is CCC(CC1CO[C@@H]2C(O)CO[C@H]12)=Nc1nc(NC2CCc3cc(OCCCO)cc(F)c32)c(Cl)cc1C. The van der Waals surface area contributed by atoms with Crippen molar-refractivity contribution in [1.29, 1.82) is 0 Å². The van der Waals surface area contributed by atoms with Gasteiger partial charge in [-0.2, -0.15) is 0 Å². The van der Waals surface area contributed by atoms with Gasteiger partial charge in [0, 0.05) is 36.3 Å². The molecule has 3 unspecified atom stereocenters. The largest absolute Gasteiger partial charge is 0.493 e. The van der Waals surface area contributed by atoms with Gasteiger partial charge >= 0.3 is 0 Å². The highest BCUT2D eigenvalue weighted by molar-refractivity contribution is 6.33. The van der Waals surface area contributed by atoms with Gasteiger partial charge < -0.3 is 29.7 Å². The Kier molecular flexibility index (Phi) is 8.50. The summed E-state index contributed by atoms with van der Waals surface area (Å²) in [7, 11) is 0. The lowest BCUT2D eigenvalue weighted by molar-refractivity contribution is 0.0170. The fraction of sp³-hybridized carbons (Fsp3) is 0.571. The second kappa shape index (κ2) is 11.8. The van der Waals surface area contributed by atoms with E-state index in [1.165, 1.54) is 6.07 Å². The number of anilines is 1. The predicted octanol–water partition coefficient (Wildman–Crippen LogP) is 4.69. The van der Waals surface area contributed by atoms with Gasteiger partial charge in [0.2, 0.25) is 0 Å². The standard InChI is InChI=1S/C28H35ClFN3O5/c1-3-18(10-17-13-37-26-23(35)14-38-25(17)26)31-27-15(2)9-20(29)28(33-27)32-22-6-5-16-11-19(36-8-4-7-34)12-21(30)24(16)22/h9,11-12,17,22-23,25-26,34-35H,3-8,10,13-14H2,1-2H3,(H,32,33)/t17?,22?,23?,25-,26-/m1/s1. The average Bonchev–Trinajstić information content (AvgIpc) is 3.59. The molecule has 3 heterocycles. The molecular formula is C28H35ClFN3O5. The van der Waals surface area contributed by atoms with Crippen LogP contribution >= 0.6 is 11.6 Å². The highest BCUT2D eigenvalue weighted by Gasteiger charge is 2.47. The smallest absolute Gasteiger partial charge is 0.157 e. The lowest BCUT2D eigenvalue weighted by Gasteiger charge is -2.19. The van der Waals surface area contributed by atoms with Crippen molar-refractivity contribution >= 4 is 28.9 Å². The van der Waals surface area contributed by atoms with E-state index < -0.39 is 6.10 Å². The second-order valence-corrected chi connectivity index (χ2v) is 10.7. The van der Waals surface area contributed by atoms with Crippen LogP contribution in [0.3, 0.4) is 0 Å². The number of hydrogen-bond acceptors (Lipinski definition) is 8. The highest BCUT2D eigenvalue weighted by Crippen LogP contribution is 2.40. The van der Waals surface area contributed by atoms with Crippen LogP contribution in [0.5, 0.6) is 5.75 Å². The second-order valence-electron chi connectivity index (χ2n) is 10.3. The molecule has 1 aliphatic carbocycles. The summed E-state index contributed by atoms with van der Waals surface area (Å²) < 4.78 is 32.2. The molecular weight excluding hydrogens is 513 g/mol. The van der Waals surface area contributed by atoms with Crippen LogP contribution < -0.4 is 10.1 Å². The van der Waals surface area contributed by atoms with Crippen LogP contribution in [0.2, 0.25) is 5.02 Å². The van der Waals surface area contributed by atoms with Crippen LogP contribution in [0.1, 0.15) is 55.3 Å². The van der Waals surface area contributed by atoms with Gasteiger partial charge in [-0.05, 0) is 55.9 Å². The number of fused-ring (bicyclic) bond motifs is 2. The Hall–Kier alpha value is -2.30. The molecule has 38 heavy (non-hydrogen) atoms. The maximum absolute atomic E-state index is 15.1. The number of aromatic nitrogens is 1. The van der Waals surface area contributed by atoms with Gasteiger partial charge in [0.15, 0.2) is 5.82 Å². The Morgan fingerprint density at radius 3 is 2.87 bits per heavy atom. The number of aliphatic imine (C=N–C) groups is 1. The lowest BCUT2D eigenvalue weighted by atomic mass is 9.94. The molecule has 1 aromatic carbocycles. The van der Waals surface area contributed by atoms with Gasteiger partial charge in [-0.1, -0.05) is 18.5 Å². The monoisotopic (exact) mass is 547 g/mol. The van der Waals surface area contributed by atoms with Gasteiger partial charge in [0.05, 0.1) is 37.0 Å². The number of ether oxygens (including phenoxy) is 3. The van der Waals surface area contributed by atoms with Crippen LogP contribution in [-0.4, -0.2) is 65.6 Å². The quantitative estimate of drug-likeness (QED) is 0.293. The third kappa shape index (κ3) is 5.67. The molecule has 3 aliphatic rings. The fourth-order valence-corrected chi connectivity index (χ4v) is 5.84. The molecule has 2 fully saturated rings. The van der Waals surface area contributed by atoms with Crippen molar-refractivity contribution in [3.8, 4) is 5.75 Å². The minimum atomic E-state index is -0.572. The van der Waals surface area contributed by atoms with Gasteiger partial charge in [0.25, 0.3) is 0 Å². The minimum Gasteiger partial charge on any atom is -0.493 e. The van der Waals surface area contributed by atoms with Crippen LogP contribution in [0.15, 0.2) is 23.2 Å². The summed E-state index contributed by atoms with van der Waals surface area (Å²) in [6.45, 7) is 5.19. The van der Waals surface area contributed by atoms with Gasteiger partial charge in [-0.15, -0.1) is 0 Å². The Bertz CT molecular complexity index is 1200. The summed E-state index contributed by atoms with van der Waals surface area (Å²) in [6, 6.07) is 4.83. The van der Waals surface area contributed by atoms with E-state index in [1.54, 1.807) is 0 Å². The van der Waals surface area contributed by atoms with E-state index in [9.17, 15) is 5.11 Å². The molecule has 0 amide bonds. The first-order valence-electron chi connectivity index (χ1n) is 13.3. The predicted molar refractivity (Wildman–Crippen MR) is 143 cm³/mol.